The number of rotatable bonds is 7. The van der Waals surface area contributed by atoms with E-state index in [2.05, 4.69) is 30.2 Å². The first-order valence-electron chi connectivity index (χ1n) is 6.70. The Labute approximate surface area is 115 Å². The minimum Gasteiger partial charge on any atom is -0.469 e. The molecule has 0 aliphatic carbocycles. The van der Waals surface area contributed by atoms with Crippen LogP contribution in [-0.2, 0) is 14.9 Å². The van der Waals surface area contributed by atoms with E-state index in [-0.39, 0.29) is 17.3 Å². The summed E-state index contributed by atoms with van der Waals surface area (Å²) in [5.41, 5.74) is 1.18. The van der Waals surface area contributed by atoms with Crippen LogP contribution in [0.5, 0.6) is 0 Å². The summed E-state index contributed by atoms with van der Waals surface area (Å²) >= 11 is 0. The van der Waals surface area contributed by atoms with Crippen LogP contribution >= 0.6 is 0 Å². The van der Waals surface area contributed by atoms with Crippen molar-refractivity contribution in [1.29, 1.82) is 0 Å². The van der Waals surface area contributed by atoms with Gasteiger partial charge in [0.15, 0.2) is 0 Å². The van der Waals surface area contributed by atoms with Gasteiger partial charge in [-0.2, -0.15) is 0 Å². The fraction of sp³-hybridized carbons (Fsp3) is 0.600. The molecule has 1 aromatic heterocycles. The second-order valence-electron chi connectivity index (χ2n) is 5.38. The third-order valence-corrected chi connectivity index (χ3v) is 3.43. The summed E-state index contributed by atoms with van der Waals surface area (Å²) < 4.78 is 4.78. The van der Waals surface area contributed by atoms with E-state index in [1.54, 1.807) is 6.20 Å². The van der Waals surface area contributed by atoms with Crippen molar-refractivity contribution in [3.05, 3.63) is 30.1 Å². The molecule has 4 nitrogen and oxygen atoms in total. The molecule has 0 radical (unpaired) electrons. The summed E-state index contributed by atoms with van der Waals surface area (Å²) in [6.45, 7) is 7.76. The number of hydrogen-bond donors (Lipinski definition) is 1. The van der Waals surface area contributed by atoms with Gasteiger partial charge in [0.25, 0.3) is 0 Å². The summed E-state index contributed by atoms with van der Waals surface area (Å²) in [5, 5.41) is 3.36. The number of nitrogens with zero attached hydrogens (tertiary/aromatic N) is 1. The Morgan fingerprint density at radius 2 is 2.26 bits per heavy atom. The average Bonchev–Trinajstić information content (AvgIpc) is 2.43. The Hall–Kier alpha value is -1.42. The number of nitrogens with one attached hydrogen (secondary N) is 1. The van der Waals surface area contributed by atoms with Gasteiger partial charge in [0, 0.05) is 30.9 Å². The van der Waals surface area contributed by atoms with Gasteiger partial charge in [0.1, 0.15) is 0 Å². The van der Waals surface area contributed by atoms with Crippen molar-refractivity contribution in [3.8, 4) is 0 Å². The van der Waals surface area contributed by atoms with Crippen LogP contribution in [-0.4, -0.2) is 31.2 Å². The molecule has 0 bridgehead atoms. The number of pyridine rings is 1. The maximum Gasteiger partial charge on any atom is 0.309 e. The van der Waals surface area contributed by atoms with Crippen LogP contribution < -0.4 is 5.32 Å². The molecular formula is C15H24N2O2. The smallest absolute Gasteiger partial charge is 0.309 e. The quantitative estimate of drug-likeness (QED) is 0.767. The van der Waals surface area contributed by atoms with E-state index in [0.717, 1.165) is 13.0 Å². The second kappa shape index (κ2) is 7.24. The Balaban J connectivity index is 2.50. The van der Waals surface area contributed by atoms with E-state index in [9.17, 15) is 4.79 Å². The number of ether oxygens (including phenoxy) is 1. The zero-order chi connectivity index (χ0) is 14.3. The summed E-state index contributed by atoms with van der Waals surface area (Å²) in [6, 6.07) is 4.02. The molecule has 1 heterocycles. The van der Waals surface area contributed by atoms with E-state index in [4.69, 9.17) is 4.74 Å². The highest BCUT2D eigenvalue weighted by atomic mass is 16.5. The van der Waals surface area contributed by atoms with Crippen LogP contribution in [0.25, 0.3) is 0 Å². The number of carbonyl (C=O) groups excluding carboxylic acids is 1. The molecule has 1 aromatic rings. The lowest BCUT2D eigenvalue weighted by Gasteiger charge is -2.26. The Bertz CT molecular complexity index is 390. The first-order chi connectivity index (χ1) is 9.01. The molecule has 0 fully saturated rings. The molecular weight excluding hydrogens is 240 g/mol. The monoisotopic (exact) mass is 264 g/mol. The molecule has 1 atom stereocenters. The molecule has 19 heavy (non-hydrogen) atoms. The van der Waals surface area contributed by atoms with E-state index < -0.39 is 0 Å². The average molecular weight is 264 g/mol. The molecule has 0 spiro atoms. The van der Waals surface area contributed by atoms with E-state index in [0.29, 0.717) is 6.54 Å². The third kappa shape index (κ3) is 4.63. The van der Waals surface area contributed by atoms with Crippen molar-refractivity contribution in [3.63, 3.8) is 0 Å². The minimum atomic E-state index is -0.144. The molecule has 0 saturated heterocycles. The van der Waals surface area contributed by atoms with Crippen LogP contribution in [0.2, 0.25) is 0 Å². The van der Waals surface area contributed by atoms with Gasteiger partial charge in [-0.15, -0.1) is 0 Å². The molecule has 0 saturated carbocycles. The number of esters is 1. The molecule has 0 aromatic carbocycles. The normalized spacial score (nSPS) is 13.1. The zero-order valence-electron chi connectivity index (χ0n) is 12.3. The van der Waals surface area contributed by atoms with E-state index >= 15 is 0 Å². The second-order valence-corrected chi connectivity index (χ2v) is 5.38. The number of methoxy groups -OCH3 is 1. The standard InChI is InChI=1S/C15H24N2O2/c1-5-12(14(18)19-4)9-17-11-15(2,3)13-7-6-8-16-10-13/h6-8,10,12,17H,5,9,11H2,1-4H3. The maximum atomic E-state index is 11.5. The van der Waals surface area contributed by atoms with Gasteiger partial charge in [0.2, 0.25) is 0 Å². The molecule has 1 unspecified atom stereocenters. The van der Waals surface area contributed by atoms with E-state index in [1.165, 1.54) is 12.7 Å². The first kappa shape index (κ1) is 15.6. The highest BCUT2D eigenvalue weighted by Crippen LogP contribution is 2.21. The van der Waals surface area contributed by atoms with Crippen molar-refractivity contribution < 1.29 is 9.53 Å². The van der Waals surface area contributed by atoms with Crippen LogP contribution in [0.1, 0.15) is 32.8 Å². The lowest BCUT2D eigenvalue weighted by molar-refractivity contribution is -0.145. The number of hydrogen-bond acceptors (Lipinski definition) is 4. The van der Waals surface area contributed by atoms with Crippen molar-refractivity contribution in [2.75, 3.05) is 20.2 Å². The molecule has 0 amide bonds. The van der Waals surface area contributed by atoms with Crippen LogP contribution in [0, 0.1) is 5.92 Å². The van der Waals surface area contributed by atoms with Gasteiger partial charge in [-0.3, -0.25) is 9.78 Å². The summed E-state index contributed by atoms with van der Waals surface area (Å²) in [6.07, 6.45) is 4.45. The minimum absolute atomic E-state index is 0.0112. The molecule has 0 aliphatic heterocycles. The van der Waals surface area contributed by atoms with Gasteiger partial charge in [-0.25, -0.2) is 0 Å². The van der Waals surface area contributed by atoms with Crippen molar-refractivity contribution in [2.45, 2.75) is 32.6 Å². The fourth-order valence-electron chi connectivity index (χ4n) is 1.99. The first-order valence-corrected chi connectivity index (χ1v) is 6.70. The van der Waals surface area contributed by atoms with Gasteiger partial charge in [0.05, 0.1) is 13.0 Å². The maximum absolute atomic E-state index is 11.5. The van der Waals surface area contributed by atoms with Crippen LogP contribution in [0.3, 0.4) is 0 Å². The Kier molecular flexibility index (Phi) is 5.96. The van der Waals surface area contributed by atoms with Crippen molar-refractivity contribution >= 4 is 5.97 Å². The van der Waals surface area contributed by atoms with Gasteiger partial charge < -0.3 is 10.1 Å². The largest absolute Gasteiger partial charge is 0.469 e. The molecule has 0 aliphatic rings. The highest BCUT2D eigenvalue weighted by molar-refractivity contribution is 5.72. The summed E-state index contributed by atoms with van der Waals surface area (Å²) in [7, 11) is 1.44. The number of aromatic nitrogens is 1. The van der Waals surface area contributed by atoms with Crippen molar-refractivity contribution in [1.82, 2.24) is 10.3 Å². The SMILES string of the molecule is CCC(CNCC(C)(C)c1cccnc1)C(=O)OC. The third-order valence-electron chi connectivity index (χ3n) is 3.43. The Morgan fingerprint density at radius 3 is 2.79 bits per heavy atom. The fourth-order valence-corrected chi connectivity index (χ4v) is 1.99. The molecule has 106 valence electrons. The lowest BCUT2D eigenvalue weighted by Crippen LogP contribution is -2.37. The van der Waals surface area contributed by atoms with Gasteiger partial charge >= 0.3 is 5.97 Å². The zero-order valence-corrected chi connectivity index (χ0v) is 12.3. The van der Waals surface area contributed by atoms with Crippen molar-refractivity contribution in [2.24, 2.45) is 5.92 Å². The predicted octanol–water partition coefficient (Wildman–Crippen LogP) is 2.15. The number of carbonyl (C=O) groups is 1. The van der Waals surface area contributed by atoms with Gasteiger partial charge in [-0.1, -0.05) is 26.8 Å². The van der Waals surface area contributed by atoms with Crippen LogP contribution in [0.4, 0.5) is 0 Å². The molecule has 4 heteroatoms. The lowest BCUT2D eigenvalue weighted by atomic mass is 9.85. The van der Waals surface area contributed by atoms with Crippen LogP contribution in [0.15, 0.2) is 24.5 Å². The Morgan fingerprint density at radius 1 is 1.53 bits per heavy atom. The topological polar surface area (TPSA) is 51.2 Å². The molecule has 1 N–H and O–H groups in total. The van der Waals surface area contributed by atoms with E-state index in [1.807, 2.05) is 19.2 Å². The van der Waals surface area contributed by atoms with Gasteiger partial charge in [-0.05, 0) is 18.1 Å². The predicted molar refractivity (Wildman–Crippen MR) is 75.9 cm³/mol. The summed E-state index contributed by atoms with van der Waals surface area (Å²) in [4.78, 5) is 15.6. The summed E-state index contributed by atoms with van der Waals surface area (Å²) in [5.74, 6) is -0.219. The molecule has 1 rings (SSSR count). The highest BCUT2D eigenvalue weighted by Gasteiger charge is 2.22.